The number of hydrogen-bond donors (Lipinski definition) is 1. The molecular formula is C41H41NO5. The van der Waals surface area contributed by atoms with Gasteiger partial charge in [0.25, 0.3) is 5.91 Å². The molecule has 1 heterocycles. The summed E-state index contributed by atoms with van der Waals surface area (Å²) in [6.45, 7) is 4.93. The Morgan fingerprint density at radius 2 is 1.34 bits per heavy atom. The summed E-state index contributed by atoms with van der Waals surface area (Å²) in [5.41, 5.74) is 0.699. The summed E-state index contributed by atoms with van der Waals surface area (Å²) in [7, 11) is 0. The molecule has 1 fully saturated rings. The second-order valence-corrected chi connectivity index (χ2v) is 12.2. The Balaban J connectivity index is 1.19. The summed E-state index contributed by atoms with van der Waals surface area (Å²) >= 11 is 0. The number of nitrogens with zero attached hydrogens (tertiary/aromatic N) is 1. The third-order valence-corrected chi connectivity index (χ3v) is 9.19. The quantitative estimate of drug-likeness (QED) is 0.0809. The van der Waals surface area contributed by atoms with E-state index in [-0.39, 0.29) is 11.9 Å². The molecule has 1 N–H and O–H groups in total. The summed E-state index contributed by atoms with van der Waals surface area (Å²) < 4.78 is 10.9. The normalized spacial score (nSPS) is 14.7. The van der Waals surface area contributed by atoms with Crippen LogP contribution in [0.3, 0.4) is 0 Å². The lowest BCUT2D eigenvalue weighted by molar-refractivity contribution is -0.137. The largest absolute Gasteiger partial charge is 0.494 e. The molecule has 0 bridgehead atoms. The van der Waals surface area contributed by atoms with Crippen molar-refractivity contribution in [2.24, 2.45) is 0 Å². The van der Waals surface area contributed by atoms with Gasteiger partial charge in [-0.15, -0.1) is 0 Å². The number of benzene rings is 5. The number of esters is 1. The molecule has 6 heteroatoms. The topological polar surface area (TPSA) is 76.1 Å². The number of fused-ring (bicyclic) bond motifs is 2. The highest BCUT2D eigenvalue weighted by Gasteiger charge is 2.47. The van der Waals surface area contributed by atoms with Crippen LogP contribution >= 0.6 is 0 Å². The van der Waals surface area contributed by atoms with Gasteiger partial charge >= 0.3 is 5.97 Å². The van der Waals surface area contributed by atoms with Gasteiger partial charge in [-0.2, -0.15) is 0 Å². The number of carbonyl (C=O) groups is 2. The Labute approximate surface area is 276 Å². The highest BCUT2D eigenvalue weighted by atomic mass is 16.5. The Morgan fingerprint density at radius 3 is 1.94 bits per heavy atom. The standard InChI is InChI=1S/C41H41NO5/c1-2-39(43)47-27-10-4-3-9-26-46-37-23-19-32(20-24-37)40(44)42-25-11-16-38(42)41(45,35-21-17-30-12-5-7-14-33(30)28-35)36-22-18-31-13-6-8-15-34(31)29-36/h2,5-8,12-15,17-24,28-29,38,45H,1,3-4,9-11,16,25-27H2/t38-/m0/s1. The molecule has 6 nitrogen and oxygen atoms in total. The number of ether oxygens (including phenoxy) is 2. The molecular weight excluding hydrogens is 586 g/mol. The van der Waals surface area contributed by atoms with E-state index in [4.69, 9.17) is 9.47 Å². The molecule has 0 saturated carbocycles. The van der Waals surface area contributed by atoms with E-state index in [2.05, 4.69) is 55.1 Å². The smallest absolute Gasteiger partial charge is 0.330 e. The highest BCUT2D eigenvalue weighted by Crippen LogP contribution is 2.42. The summed E-state index contributed by atoms with van der Waals surface area (Å²) in [5.74, 6) is 0.223. The highest BCUT2D eigenvalue weighted by molar-refractivity contribution is 5.95. The Hall–Kier alpha value is -4.94. The lowest BCUT2D eigenvalue weighted by atomic mass is 9.77. The first-order valence-electron chi connectivity index (χ1n) is 16.5. The fourth-order valence-corrected chi connectivity index (χ4v) is 6.69. The van der Waals surface area contributed by atoms with Gasteiger partial charge in [-0.3, -0.25) is 4.79 Å². The average molecular weight is 628 g/mol. The summed E-state index contributed by atoms with van der Waals surface area (Å²) in [6, 6.07) is 35.4. The second-order valence-electron chi connectivity index (χ2n) is 12.2. The van der Waals surface area contributed by atoms with E-state index < -0.39 is 11.6 Å². The number of carbonyl (C=O) groups excluding carboxylic acids is 2. The Kier molecular flexibility index (Phi) is 9.98. The van der Waals surface area contributed by atoms with Crippen molar-refractivity contribution in [2.75, 3.05) is 19.8 Å². The fraction of sp³-hybridized carbons (Fsp3) is 0.268. The lowest BCUT2D eigenvalue weighted by Gasteiger charge is -2.40. The molecule has 1 aliphatic heterocycles. The van der Waals surface area contributed by atoms with Crippen molar-refractivity contribution in [1.29, 1.82) is 0 Å². The number of rotatable bonds is 13. The van der Waals surface area contributed by atoms with Crippen molar-refractivity contribution < 1.29 is 24.2 Å². The molecule has 0 aliphatic carbocycles. The molecule has 0 unspecified atom stereocenters. The first-order chi connectivity index (χ1) is 23.0. The van der Waals surface area contributed by atoms with Crippen molar-refractivity contribution in [1.82, 2.24) is 4.90 Å². The average Bonchev–Trinajstić information content (AvgIpc) is 3.62. The van der Waals surface area contributed by atoms with Gasteiger partial charge < -0.3 is 19.5 Å². The Bertz CT molecular complexity index is 1780. The van der Waals surface area contributed by atoms with Crippen LogP contribution in [0.2, 0.25) is 0 Å². The zero-order valence-corrected chi connectivity index (χ0v) is 26.6. The predicted molar refractivity (Wildman–Crippen MR) is 187 cm³/mol. The van der Waals surface area contributed by atoms with Gasteiger partial charge in [0.1, 0.15) is 11.4 Å². The van der Waals surface area contributed by atoms with E-state index in [1.54, 1.807) is 0 Å². The zero-order chi connectivity index (χ0) is 32.6. The van der Waals surface area contributed by atoms with Crippen molar-refractivity contribution >= 4 is 33.4 Å². The van der Waals surface area contributed by atoms with E-state index in [9.17, 15) is 14.7 Å². The van der Waals surface area contributed by atoms with Crippen LogP contribution in [0.4, 0.5) is 0 Å². The van der Waals surface area contributed by atoms with Gasteiger partial charge in [-0.1, -0.05) is 79.4 Å². The van der Waals surface area contributed by atoms with E-state index >= 15 is 0 Å². The number of hydrogen-bond acceptors (Lipinski definition) is 5. The molecule has 1 amide bonds. The van der Waals surface area contributed by atoms with Crippen LogP contribution in [-0.2, 0) is 15.1 Å². The van der Waals surface area contributed by atoms with Gasteiger partial charge in [0, 0.05) is 18.2 Å². The van der Waals surface area contributed by atoms with Crippen LogP contribution in [0.15, 0.2) is 122 Å². The molecule has 1 saturated heterocycles. The van der Waals surface area contributed by atoms with E-state index in [1.807, 2.05) is 65.6 Å². The molecule has 1 atom stereocenters. The maximum absolute atomic E-state index is 14.1. The van der Waals surface area contributed by atoms with Gasteiger partial charge in [-0.05, 0) is 108 Å². The predicted octanol–water partition coefficient (Wildman–Crippen LogP) is 8.20. The minimum absolute atomic E-state index is 0.101. The van der Waals surface area contributed by atoms with Crippen molar-refractivity contribution in [3.05, 3.63) is 139 Å². The van der Waals surface area contributed by atoms with Gasteiger partial charge in [0.2, 0.25) is 0 Å². The van der Waals surface area contributed by atoms with Crippen molar-refractivity contribution in [3.63, 3.8) is 0 Å². The molecule has 47 heavy (non-hydrogen) atoms. The third-order valence-electron chi connectivity index (χ3n) is 9.19. The van der Waals surface area contributed by atoms with Crippen LogP contribution in [0, 0.1) is 0 Å². The van der Waals surface area contributed by atoms with Crippen LogP contribution in [-0.4, -0.2) is 47.7 Å². The first kappa shape index (κ1) is 32.0. The maximum Gasteiger partial charge on any atom is 0.330 e. The summed E-state index contributed by atoms with van der Waals surface area (Å²) in [4.78, 5) is 27.0. The fourth-order valence-electron chi connectivity index (χ4n) is 6.69. The number of likely N-dealkylation sites (tertiary alicyclic amines) is 1. The van der Waals surface area contributed by atoms with E-state index in [0.29, 0.717) is 37.5 Å². The molecule has 0 radical (unpaired) electrons. The molecule has 0 aromatic heterocycles. The molecule has 6 rings (SSSR count). The Morgan fingerprint density at radius 1 is 0.766 bits per heavy atom. The zero-order valence-electron chi connectivity index (χ0n) is 26.6. The molecule has 240 valence electrons. The van der Waals surface area contributed by atoms with Gasteiger partial charge in [-0.25, -0.2) is 4.79 Å². The van der Waals surface area contributed by atoms with Gasteiger partial charge in [0.15, 0.2) is 0 Å². The van der Waals surface area contributed by atoms with E-state index in [1.165, 1.54) is 6.08 Å². The van der Waals surface area contributed by atoms with Crippen molar-refractivity contribution in [3.8, 4) is 5.75 Å². The third kappa shape index (κ3) is 7.08. The lowest BCUT2D eigenvalue weighted by Crippen LogP contribution is -2.50. The molecule has 5 aromatic rings. The minimum atomic E-state index is -1.42. The van der Waals surface area contributed by atoms with Crippen molar-refractivity contribution in [2.45, 2.75) is 50.2 Å². The SMILES string of the molecule is C=CC(=O)OCCCCCCOc1ccc(C(=O)N2CCC[C@H]2C(O)(c2ccc3ccccc3c2)c2ccc3ccccc3c2)cc1. The van der Waals surface area contributed by atoms with Crippen LogP contribution in [0.25, 0.3) is 21.5 Å². The number of amides is 1. The second kappa shape index (κ2) is 14.7. The van der Waals surface area contributed by atoms with Gasteiger partial charge in [0.05, 0.1) is 19.3 Å². The minimum Gasteiger partial charge on any atom is -0.494 e. The monoisotopic (exact) mass is 627 g/mol. The van der Waals surface area contributed by atoms with Crippen LogP contribution in [0.5, 0.6) is 5.75 Å². The maximum atomic E-state index is 14.1. The number of unbranched alkanes of at least 4 members (excludes halogenated alkanes) is 3. The summed E-state index contributed by atoms with van der Waals surface area (Å²) in [5, 5.41) is 17.3. The first-order valence-corrected chi connectivity index (χ1v) is 16.5. The van der Waals surface area contributed by atoms with Crippen LogP contribution < -0.4 is 4.74 Å². The molecule has 0 spiro atoms. The van der Waals surface area contributed by atoms with E-state index in [0.717, 1.165) is 64.8 Å². The molecule has 5 aromatic carbocycles. The molecule has 1 aliphatic rings. The summed E-state index contributed by atoms with van der Waals surface area (Å²) in [6.07, 6.45) is 6.27. The number of aliphatic hydroxyl groups is 1. The van der Waals surface area contributed by atoms with Crippen LogP contribution in [0.1, 0.15) is 60.0 Å².